The van der Waals surface area contributed by atoms with E-state index in [1.54, 1.807) is 21.3 Å². The fourth-order valence-electron chi connectivity index (χ4n) is 2.62. The number of hydrogen-bond donors (Lipinski definition) is 0. The predicted octanol–water partition coefficient (Wildman–Crippen LogP) is 2.27. The molecule has 1 saturated heterocycles. The molecular formula is C15H21NO4. The van der Waals surface area contributed by atoms with E-state index in [1.165, 1.54) is 0 Å². The van der Waals surface area contributed by atoms with Crippen LogP contribution in [0.5, 0.6) is 17.2 Å². The van der Waals surface area contributed by atoms with Crippen LogP contribution in [0.3, 0.4) is 0 Å². The number of carbonyl (C=O) groups excluding carboxylic acids is 1. The Hall–Kier alpha value is -1.91. The van der Waals surface area contributed by atoms with Crippen molar-refractivity contribution in [2.24, 2.45) is 0 Å². The average molecular weight is 279 g/mol. The highest BCUT2D eigenvalue weighted by Gasteiger charge is 2.25. The molecule has 1 aromatic carbocycles. The van der Waals surface area contributed by atoms with Crippen LogP contribution in [-0.2, 0) is 4.79 Å². The molecule has 1 fully saturated rings. The molecule has 1 aliphatic rings. The third-order valence-electron chi connectivity index (χ3n) is 3.67. The summed E-state index contributed by atoms with van der Waals surface area (Å²) in [5.74, 6) is 2.16. The number of ether oxygens (including phenoxy) is 3. The minimum atomic E-state index is 0.180. The van der Waals surface area contributed by atoms with Crippen molar-refractivity contribution in [3.63, 3.8) is 0 Å². The Morgan fingerprint density at radius 1 is 1.10 bits per heavy atom. The monoisotopic (exact) mass is 279 g/mol. The van der Waals surface area contributed by atoms with Crippen LogP contribution < -0.4 is 19.1 Å². The molecule has 5 heteroatoms. The molecule has 0 amide bonds. The number of nitrogens with zero attached hydrogens (tertiary/aromatic N) is 1. The number of methoxy groups -OCH3 is 3. The van der Waals surface area contributed by atoms with Crippen LogP contribution in [0.1, 0.15) is 19.8 Å². The van der Waals surface area contributed by atoms with Crippen molar-refractivity contribution in [3.8, 4) is 17.2 Å². The van der Waals surface area contributed by atoms with Crippen molar-refractivity contribution >= 4 is 11.5 Å². The summed E-state index contributed by atoms with van der Waals surface area (Å²) in [5, 5.41) is 0. The maximum absolute atomic E-state index is 11.5. The van der Waals surface area contributed by atoms with Crippen LogP contribution in [0, 0.1) is 0 Å². The van der Waals surface area contributed by atoms with Gasteiger partial charge in [0, 0.05) is 43.2 Å². The quantitative estimate of drug-likeness (QED) is 0.846. The van der Waals surface area contributed by atoms with Gasteiger partial charge in [0.2, 0.25) is 5.75 Å². The van der Waals surface area contributed by atoms with Crippen molar-refractivity contribution in [3.05, 3.63) is 12.1 Å². The Labute approximate surface area is 119 Å². The summed E-state index contributed by atoms with van der Waals surface area (Å²) in [6, 6.07) is 4.03. The first-order valence-electron chi connectivity index (χ1n) is 6.69. The Kier molecular flexibility index (Phi) is 4.37. The molecule has 2 rings (SSSR count). The molecular weight excluding hydrogens is 258 g/mol. The number of rotatable bonds is 4. The number of Topliss-reactive ketones (excluding diaryl/α,β-unsaturated/α-hetero) is 1. The highest BCUT2D eigenvalue weighted by atomic mass is 16.5. The maximum atomic E-state index is 11.5. The third-order valence-corrected chi connectivity index (χ3v) is 3.67. The number of carbonyl (C=O) groups is 1. The molecule has 1 aliphatic heterocycles. The van der Waals surface area contributed by atoms with E-state index in [0.717, 1.165) is 12.2 Å². The van der Waals surface area contributed by atoms with Crippen LogP contribution in [0.25, 0.3) is 0 Å². The van der Waals surface area contributed by atoms with Gasteiger partial charge >= 0.3 is 0 Å². The molecule has 0 aliphatic carbocycles. The summed E-state index contributed by atoms with van der Waals surface area (Å²) in [6.45, 7) is 2.78. The molecule has 0 spiro atoms. The average Bonchev–Trinajstić information content (AvgIpc) is 2.45. The van der Waals surface area contributed by atoms with Gasteiger partial charge in [0.1, 0.15) is 5.78 Å². The summed E-state index contributed by atoms with van der Waals surface area (Å²) < 4.78 is 16.1. The Morgan fingerprint density at radius 3 is 2.15 bits per heavy atom. The smallest absolute Gasteiger partial charge is 0.203 e. The molecule has 20 heavy (non-hydrogen) atoms. The largest absolute Gasteiger partial charge is 0.493 e. The van der Waals surface area contributed by atoms with Crippen LogP contribution in [-0.4, -0.2) is 39.7 Å². The minimum Gasteiger partial charge on any atom is -0.493 e. The van der Waals surface area contributed by atoms with Gasteiger partial charge in [0.25, 0.3) is 0 Å². The van der Waals surface area contributed by atoms with Gasteiger partial charge < -0.3 is 19.1 Å². The molecule has 0 bridgehead atoms. The lowest BCUT2D eigenvalue weighted by Gasteiger charge is -2.35. The van der Waals surface area contributed by atoms with Crippen LogP contribution in [0.4, 0.5) is 5.69 Å². The molecule has 1 heterocycles. The Balaban J connectivity index is 2.39. The number of piperidine rings is 1. The van der Waals surface area contributed by atoms with E-state index in [2.05, 4.69) is 11.8 Å². The third kappa shape index (κ3) is 2.66. The van der Waals surface area contributed by atoms with E-state index in [0.29, 0.717) is 35.9 Å². The first-order valence-corrected chi connectivity index (χ1v) is 6.69. The topological polar surface area (TPSA) is 48.0 Å². The van der Waals surface area contributed by atoms with E-state index in [4.69, 9.17) is 14.2 Å². The zero-order valence-corrected chi connectivity index (χ0v) is 12.4. The molecule has 110 valence electrons. The van der Waals surface area contributed by atoms with Crippen molar-refractivity contribution in [1.29, 1.82) is 0 Å². The number of benzene rings is 1. The summed E-state index contributed by atoms with van der Waals surface area (Å²) in [5.41, 5.74) is 0.986. The highest BCUT2D eigenvalue weighted by molar-refractivity contribution is 5.82. The lowest BCUT2D eigenvalue weighted by Crippen LogP contribution is -2.41. The van der Waals surface area contributed by atoms with E-state index in [9.17, 15) is 4.79 Å². The van der Waals surface area contributed by atoms with Gasteiger partial charge in [-0.25, -0.2) is 0 Å². The minimum absolute atomic E-state index is 0.180. The number of ketones is 1. The molecule has 1 unspecified atom stereocenters. The van der Waals surface area contributed by atoms with Crippen molar-refractivity contribution in [1.82, 2.24) is 0 Å². The molecule has 0 N–H and O–H groups in total. The van der Waals surface area contributed by atoms with Crippen molar-refractivity contribution in [2.75, 3.05) is 32.8 Å². The summed E-state index contributed by atoms with van der Waals surface area (Å²) in [7, 11) is 4.79. The van der Waals surface area contributed by atoms with Crippen molar-refractivity contribution < 1.29 is 19.0 Å². The second-order valence-electron chi connectivity index (χ2n) is 4.92. The lowest BCUT2D eigenvalue weighted by atomic mass is 10.0. The zero-order chi connectivity index (χ0) is 14.7. The fraction of sp³-hybridized carbons (Fsp3) is 0.533. The molecule has 0 saturated carbocycles. The van der Waals surface area contributed by atoms with E-state index in [-0.39, 0.29) is 6.04 Å². The fourth-order valence-corrected chi connectivity index (χ4v) is 2.62. The van der Waals surface area contributed by atoms with Gasteiger partial charge in [-0.05, 0) is 6.92 Å². The van der Waals surface area contributed by atoms with E-state index in [1.807, 2.05) is 12.1 Å². The van der Waals surface area contributed by atoms with Gasteiger partial charge in [0.15, 0.2) is 11.5 Å². The number of hydrogen-bond acceptors (Lipinski definition) is 5. The van der Waals surface area contributed by atoms with Crippen LogP contribution >= 0.6 is 0 Å². The molecule has 1 atom stereocenters. The normalized spacial score (nSPS) is 18.9. The number of anilines is 1. The second kappa shape index (κ2) is 6.03. The summed E-state index contributed by atoms with van der Waals surface area (Å²) >= 11 is 0. The van der Waals surface area contributed by atoms with Gasteiger partial charge in [-0.2, -0.15) is 0 Å². The van der Waals surface area contributed by atoms with Crippen LogP contribution in [0.15, 0.2) is 12.1 Å². The zero-order valence-electron chi connectivity index (χ0n) is 12.4. The molecule has 0 aromatic heterocycles. The molecule has 1 aromatic rings. The molecule has 0 radical (unpaired) electrons. The maximum Gasteiger partial charge on any atom is 0.203 e. The Morgan fingerprint density at radius 2 is 1.70 bits per heavy atom. The van der Waals surface area contributed by atoms with Gasteiger partial charge in [0.05, 0.1) is 21.3 Å². The van der Waals surface area contributed by atoms with Gasteiger partial charge in [-0.1, -0.05) is 0 Å². The van der Waals surface area contributed by atoms with E-state index < -0.39 is 0 Å². The van der Waals surface area contributed by atoms with Gasteiger partial charge in [-0.15, -0.1) is 0 Å². The predicted molar refractivity (Wildman–Crippen MR) is 77.1 cm³/mol. The van der Waals surface area contributed by atoms with Crippen LogP contribution in [0.2, 0.25) is 0 Å². The second-order valence-corrected chi connectivity index (χ2v) is 4.92. The lowest BCUT2D eigenvalue weighted by molar-refractivity contribution is -0.120. The molecule has 5 nitrogen and oxygen atoms in total. The highest BCUT2D eigenvalue weighted by Crippen LogP contribution is 2.41. The summed E-state index contributed by atoms with van der Waals surface area (Å²) in [4.78, 5) is 13.7. The van der Waals surface area contributed by atoms with Crippen molar-refractivity contribution in [2.45, 2.75) is 25.8 Å². The van der Waals surface area contributed by atoms with Gasteiger partial charge in [-0.3, -0.25) is 4.79 Å². The SMILES string of the molecule is COc1cc(N2CCC(=O)CC2C)cc(OC)c1OC. The first-order chi connectivity index (χ1) is 9.60. The Bertz CT molecular complexity index is 476. The first kappa shape index (κ1) is 14.5. The summed E-state index contributed by atoms with van der Waals surface area (Å²) in [6.07, 6.45) is 1.16. The standard InChI is InChI=1S/C15H21NO4/c1-10-7-12(17)5-6-16(10)11-8-13(18-2)15(20-4)14(9-11)19-3/h8-10H,5-7H2,1-4H3. The van der Waals surface area contributed by atoms with E-state index >= 15 is 0 Å².